The Morgan fingerprint density at radius 3 is 2.77 bits per heavy atom. The normalized spacial score (nSPS) is 10.6. The topological polar surface area (TPSA) is 67.4 Å². The zero-order valence-corrected chi connectivity index (χ0v) is 16.3. The van der Waals surface area contributed by atoms with Gasteiger partial charge in [0.05, 0.1) is 7.11 Å². The largest absolute Gasteiger partial charge is 0.497 e. The Morgan fingerprint density at radius 2 is 2.00 bits per heavy atom. The summed E-state index contributed by atoms with van der Waals surface area (Å²) < 4.78 is 6.03. The molecule has 0 saturated heterocycles. The first-order valence-electron chi connectivity index (χ1n) is 8.14. The molecule has 2 rings (SSSR count). The minimum atomic E-state index is -0.251. The zero-order valence-electron chi connectivity index (χ0n) is 14.7. The van der Waals surface area contributed by atoms with Crippen molar-refractivity contribution in [3.8, 4) is 5.75 Å². The van der Waals surface area contributed by atoms with Crippen LogP contribution >= 0.6 is 15.9 Å². The number of methoxy groups -OCH3 is 1. The SMILES string of the molecule is COc1cccc(/C=C/C(=O)NCCC(=O)Nc2cc(Br)ccc2C)c1. The van der Waals surface area contributed by atoms with Crippen molar-refractivity contribution in [3.05, 3.63) is 64.1 Å². The van der Waals surface area contributed by atoms with E-state index in [1.807, 2.05) is 49.4 Å². The fourth-order valence-electron chi connectivity index (χ4n) is 2.22. The molecule has 0 saturated carbocycles. The maximum atomic E-state index is 12.0. The predicted molar refractivity (Wildman–Crippen MR) is 107 cm³/mol. The van der Waals surface area contributed by atoms with E-state index < -0.39 is 0 Å². The summed E-state index contributed by atoms with van der Waals surface area (Å²) in [5.41, 5.74) is 2.60. The number of aryl methyl sites for hydroxylation is 1. The van der Waals surface area contributed by atoms with Gasteiger partial charge in [0.25, 0.3) is 0 Å². The fourth-order valence-corrected chi connectivity index (χ4v) is 2.58. The predicted octanol–water partition coefficient (Wildman–Crippen LogP) is 3.92. The lowest BCUT2D eigenvalue weighted by molar-refractivity contribution is -0.117. The average molecular weight is 417 g/mol. The molecule has 0 aromatic heterocycles. The first-order chi connectivity index (χ1) is 12.5. The Balaban J connectivity index is 1.77. The Kier molecular flexibility index (Phi) is 7.41. The van der Waals surface area contributed by atoms with Gasteiger partial charge in [0.15, 0.2) is 0 Å². The third-order valence-corrected chi connectivity index (χ3v) is 4.14. The van der Waals surface area contributed by atoms with Gasteiger partial charge in [-0.3, -0.25) is 9.59 Å². The molecular weight excluding hydrogens is 396 g/mol. The molecular formula is C20H21BrN2O3. The van der Waals surface area contributed by atoms with Crippen molar-refractivity contribution >= 4 is 39.5 Å². The molecule has 0 spiro atoms. The molecule has 0 atom stereocenters. The van der Waals surface area contributed by atoms with Gasteiger partial charge in [0.2, 0.25) is 11.8 Å². The number of carbonyl (C=O) groups excluding carboxylic acids is 2. The van der Waals surface area contributed by atoms with Crippen molar-refractivity contribution < 1.29 is 14.3 Å². The van der Waals surface area contributed by atoms with E-state index in [-0.39, 0.29) is 24.8 Å². The van der Waals surface area contributed by atoms with E-state index in [4.69, 9.17) is 4.74 Å². The number of anilines is 1. The van der Waals surface area contributed by atoms with Gasteiger partial charge < -0.3 is 15.4 Å². The van der Waals surface area contributed by atoms with Crippen molar-refractivity contribution in [2.75, 3.05) is 19.0 Å². The standard InChI is InChI=1S/C20H21BrN2O3/c1-14-6-8-16(21)13-18(14)23-20(25)10-11-22-19(24)9-7-15-4-3-5-17(12-15)26-2/h3-9,12-13H,10-11H2,1-2H3,(H,22,24)(H,23,25)/b9-7+. The van der Waals surface area contributed by atoms with Crippen LogP contribution in [-0.4, -0.2) is 25.5 Å². The minimum Gasteiger partial charge on any atom is -0.497 e. The highest BCUT2D eigenvalue weighted by Crippen LogP contribution is 2.20. The monoisotopic (exact) mass is 416 g/mol. The van der Waals surface area contributed by atoms with Gasteiger partial charge in [-0.25, -0.2) is 0 Å². The summed E-state index contributed by atoms with van der Waals surface area (Å²) in [5.74, 6) is 0.328. The van der Waals surface area contributed by atoms with E-state index in [0.29, 0.717) is 0 Å². The summed E-state index contributed by atoms with van der Waals surface area (Å²) in [7, 11) is 1.59. The Hall–Kier alpha value is -2.60. The molecule has 0 fully saturated rings. The molecule has 6 heteroatoms. The first-order valence-corrected chi connectivity index (χ1v) is 8.93. The second-order valence-corrected chi connectivity index (χ2v) is 6.57. The molecule has 0 aliphatic heterocycles. The number of amides is 2. The molecule has 2 amide bonds. The van der Waals surface area contributed by atoms with Gasteiger partial charge in [-0.05, 0) is 48.4 Å². The number of nitrogens with one attached hydrogen (secondary N) is 2. The van der Waals surface area contributed by atoms with Crippen molar-refractivity contribution in [1.82, 2.24) is 5.32 Å². The van der Waals surface area contributed by atoms with Crippen LogP contribution in [0, 0.1) is 6.92 Å². The van der Waals surface area contributed by atoms with Crippen molar-refractivity contribution in [1.29, 1.82) is 0 Å². The highest BCUT2D eigenvalue weighted by molar-refractivity contribution is 9.10. The molecule has 0 bridgehead atoms. The van der Waals surface area contributed by atoms with E-state index in [2.05, 4.69) is 26.6 Å². The number of ether oxygens (including phenoxy) is 1. The van der Waals surface area contributed by atoms with Gasteiger partial charge in [-0.1, -0.05) is 34.1 Å². The van der Waals surface area contributed by atoms with Crippen LogP contribution in [0.5, 0.6) is 5.75 Å². The van der Waals surface area contributed by atoms with E-state index in [9.17, 15) is 9.59 Å². The van der Waals surface area contributed by atoms with Crippen LogP contribution in [0.15, 0.2) is 53.0 Å². The Bertz CT molecular complexity index is 818. The van der Waals surface area contributed by atoms with E-state index >= 15 is 0 Å². The summed E-state index contributed by atoms with van der Waals surface area (Å²) in [5, 5.41) is 5.54. The van der Waals surface area contributed by atoms with E-state index in [0.717, 1.165) is 27.0 Å². The molecule has 0 aliphatic carbocycles. The summed E-state index contributed by atoms with van der Waals surface area (Å²) in [6.07, 6.45) is 3.33. The molecule has 136 valence electrons. The molecule has 2 aromatic rings. The lowest BCUT2D eigenvalue weighted by atomic mass is 10.2. The van der Waals surface area contributed by atoms with Gasteiger partial charge >= 0.3 is 0 Å². The summed E-state index contributed by atoms with van der Waals surface area (Å²) in [6, 6.07) is 13.1. The van der Waals surface area contributed by atoms with Crippen LogP contribution in [0.3, 0.4) is 0 Å². The van der Waals surface area contributed by atoms with Crippen LogP contribution in [0.1, 0.15) is 17.5 Å². The number of halogens is 1. The highest BCUT2D eigenvalue weighted by atomic mass is 79.9. The fraction of sp³-hybridized carbons (Fsp3) is 0.200. The number of carbonyl (C=O) groups is 2. The lowest BCUT2D eigenvalue weighted by Gasteiger charge is -2.09. The molecule has 2 N–H and O–H groups in total. The Morgan fingerprint density at radius 1 is 1.19 bits per heavy atom. The van der Waals surface area contributed by atoms with Crippen LogP contribution in [-0.2, 0) is 9.59 Å². The number of benzene rings is 2. The van der Waals surface area contributed by atoms with E-state index in [1.165, 1.54) is 6.08 Å². The van der Waals surface area contributed by atoms with Gasteiger partial charge in [-0.2, -0.15) is 0 Å². The maximum Gasteiger partial charge on any atom is 0.244 e. The van der Waals surface area contributed by atoms with Crippen LogP contribution in [0.25, 0.3) is 6.08 Å². The van der Waals surface area contributed by atoms with Crippen LogP contribution in [0.2, 0.25) is 0 Å². The smallest absolute Gasteiger partial charge is 0.244 e. The number of rotatable bonds is 7. The number of hydrogen-bond donors (Lipinski definition) is 2. The molecule has 0 unspecified atom stereocenters. The summed E-state index contributed by atoms with van der Waals surface area (Å²) in [6.45, 7) is 2.19. The third kappa shape index (κ3) is 6.37. The second kappa shape index (κ2) is 9.77. The molecule has 2 aromatic carbocycles. The highest BCUT2D eigenvalue weighted by Gasteiger charge is 2.06. The maximum absolute atomic E-state index is 12.0. The minimum absolute atomic E-state index is 0.150. The molecule has 0 radical (unpaired) electrons. The zero-order chi connectivity index (χ0) is 18.9. The van der Waals surface area contributed by atoms with Gasteiger partial charge in [0, 0.05) is 29.2 Å². The molecule has 26 heavy (non-hydrogen) atoms. The van der Waals surface area contributed by atoms with E-state index in [1.54, 1.807) is 13.2 Å². The van der Waals surface area contributed by atoms with Crippen molar-refractivity contribution in [2.45, 2.75) is 13.3 Å². The average Bonchev–Trinajstić information content (AvgIpc) is 2.63. The number of hydrogen-bond acceptors (Lipinski definition) is 3. The molecule has 5 nitrogen and oxygen atoms in total. The summed E-state index contributed by atoms with van der Waals surface area (Å²) >= 11 is 3.38. The van der Waals surface area contributed by atoms with Gasteiger partial charge in [0.1, 0.15) is 5.75 Å². The molecule has 0 heterocycles. The summed E-state index contributed by atoms with van der Waals surface area (Å²) in [4.78, 5) is 23.8. The van der Waals surface area contributed by atoms with Gasteiger partial charge in [-0.15, -0.1) is 0 Å². The van der Waals surface area contributed by atoms with Crippen molar-refractivity contribution in [2.24, 2.45) is 0 Å². The quantitative estimate of drug-likeness (QED) is 0.671. The lowest BCUT2D eigenvalue weighted by Crippen LogP contribution is -2.26. The second-order valence-electron chi connectivity index (χ2n) is 5.66. The third-order valence-electron chi connectivity index (χ3n) is 3.65. The Labute approximate surface area is 161 Å². The molecule has 0 aliphatic rings. The van der Waals surface area contributed by atoms with Crippen LogP contribution < -0.4 is 15.4 Å². The first kappa shape index (κ1) is 19.7. The van der Waals surface area contributed by atoms with Crippen molar-refractivity contribution in [3.63, 3.8) is 0 Å². The van der Waals surface area contributed by atoms with Crippen LogP contribution in [0.4, 0.5) is 5.69 Å².